The average molecular weight is 343 g/mol. The predicted octanol–water partition coefficient (Wildman–Crippen LogP) is 1.74. The van der Waals surface area contributed by atoms with E-state index in [1.54, 1.807) is 5.06 Å². The molecule has 25 heavy (non-hydrogen) atoms. The minimum absolute atomic E-state index is 0.270. The largest absolute Gasteiger partial charge is 0.493 e. The summed E-state index contributed by atoms with van der Waals surface area (Å²) in [7, 11) is 0. The van der Waals surface area contributed by atoms with E-state index in [2.05, 4.69) is 28.5 Å². The van der Waals surface area contributed by atoms with Gasteiger partial charge in [0.2, 0.25) is 5.96 Å². The lowest BCUT2D eigenvalue weighted by Crippen LogP contribution is -2.66. The number of aliphatic imine (C=N–C) groups is 1. The number of hydrogen-bond donors (Lipinski definition) is 3. The highest BCUT2D eigenvalue weighted by Gasteiger charge is 2.35. The Hall–Kier alpha value is -2.35. The van der Waals surface area contributed by atoms with Crippen LogP contribution in [0.1, 0.15) is 20.3 Å². The van der Waals surface area contributed by atoms with Crippen LogP contribution in [0.25, 0.3) is 10.8 Å². The van der Waals surface area contributed by atoms with Gasteiger partial charge in [-0.15, -0.1) is 0 Å². The summed E-state index contributed by atoms with van der Waals surface area (Å²) in [6.07, 6.45) is 0.199. The molecule has 1 aliphatic rings. The second-order valence-corrected chi connectivity index (χ2v) is 6.47. The number of benzene rings is 2. The van der Waals surface area contributed by atoms with Gasteiger partial charge in [-0.2, -0.15) is 0 Å². The van der Waals surface area contributed by atoms with Crippen LogP contribution in [-0.4, -0.2) is 36.2 Å². The molecule has 0 radical (unpaired) electrons. The SMILES string of the molecule is CC1(C)NC(N)N=C(N)N1OCCCOc1ccc2ccccc2c1. The van der Waals surface area contributed by atoms with Crippen LogP contribution in [0.3, 0.4) is 0 Å². The van der Waals surface area contributed by atoms with E-state index in [-0.39, 0.29) is 5.96 Å². The molecule has 0 bridgehead atoms. The lowest BCUT2D eigenvalue weighted by Gasteiger charge is -2.42. The van der Waals surface area contributed by atoms with Gasteiger partial charge in [-0.1, -0.05) is 30.3 Å². The quantitative estimate of drug-likeness (QED) is 0.691. The van der Waals surface area contributed by atoms with Crippen molar-refractivity contribution in [3.05, 3.63) is 42.5 Å². The van der Waals surface area contributed by atoms with Crippen LogP contribution in [0.2, 0.25) is 0 Å². The van der Waals surface area contributed by atoms with E-state index in [1.165, 1.54) is 5.39 Å². The molecule has 7 heteroatoms. The van der Waals surface area contributed by atoms with Gasteiger partial charge in [0.1, 0.15) is 11.4 Å². The molecular weight excluding hydrogens is 318 g/mol. The fourth-order valence-electron chi connectivity index (χ4n) is 2.82. The van der Waals surface area contributed by atoms with E-state index in [0.717, 1.165) is 17.6 Å². The van der Waals surface area contributed by atoms with Crippen LogP contribution in [0.4, 0.5) is 0 Å². The van der Waals surface area contributed by atoms with Gasteiger partial charge in [0.15, 0.2) is 6.29 Å². The van der Waals surface area contributed by atoms with Gasteiger partial charge in [-0.05, 0) is 36.8 Å². The van der Waals surface area contributed by atoms with Gasteiger partial charge in [0.05, 0.1) is 13.2 Å². The maximum absolute atomic E-state index is 5.90. The summed E-state index contributed by atoms with van der Waals surface area (Å²) in [6, 6.07) is 14.3. The molecule has 1 unspecified atom stereocenters. The monoisotopic (exact) mass is 343 g/mol. The molecule has 5 N–H and O–H groups in total. The molecule has 1 atom stereocenters. The highest BCUT2D eigenvalue weighted by atomic mass is 16.7. The Morgan fingerprint density at radius 2 is 1.92 bits per heavy atom. The molecule has 134 valence electrons. The first-order chi connectivity index (χ1) is 12.0. The normalized spacial score (nSPS) is 19.7. The standard InChI is InChI=1S/C18H25N5O2/c1-18(2)22-16(19)21-17(20)23(18)25-11-5-10-24-15-9-8-13-6-3-4-7-14(13)12-15/h3-4,6-9,12,16,22H,5,10-11,19H2,1-2H3,(H2,20,21). The van der Waals surface area contributed by atoms with Crippen LogP contribution >= 0.6 is 0 Å². The average Bonchev–Trinajstić information content (AvgIpc) is 2.55. The van der Waals surface area contributed by atoms with E-state index in [0.29, 0.717) is 13.2 Å². The number of nitrogens with two attached hydrogens (primary N) is 2. The molecule has 3 rings (SSSR count). The van der Waals surface area contributed by atoms with Crippen molar-refractivity contribution >= 4 is 16.7 Å². The van der Waals surface area contributed by atoms with Crippen molar-refractivity contribution in [3.63, 3.8) is 0 Å². The highest BCUT2D eigenvalue weighted by Crippen LogP contribution is 2.21. The van der Waals surface area contributed by atoms with E-state index < -0.39 is 12.0 Å². The molecule has 0 aliphatic carbocycles. The third-order valence-corrected chi connectivity index (χ3v) is 3.99. The van der Waals surface area contributed by atoms with Gasteiger partial charge in [-0.25, -0.2) is 10.1 Å². The number of guanidine groups is 1. The summed E-state index contributed by atoms with van der Waals surface area (Å²) in [4.78, 5) is 9.81. The van der Waals surface area contributed by atoms with Crippen molar-refractivity contribution < 1.29 is 9.57 Å². The molecule has 0 aromatic heterocycles. The maximum Gasteiger partial charge on any atom is 0.220 e. The first-order valence-corrected chi connectivity index (χ1v) is 8.37. The number of nitrogens with one attached hydrogen (secondary N) is 1. The van der Waals surface area contributed by atoms with Crippen LogP contribution in [-0.2, 0) is 4.84 Å². The molecule has 2 aromatic carbocycles. The highest BCUT2D eigenvalue weighted by molar-refractivity contribution is 5.83. The summed E-state index contributed by atoms with van der Waals surface area (Å²) in [5.74, 6) is 1.12. The number of ether oxygens (including phenoxy) is 1. The van der Waals surface area contributed by atoms with Gasteiger partial charge in [0, 0.05) is 6.42 Å². The number of rotatable bonds is 6. The van der Waals surface area contributed by atoms with Crippen LogP contribution < -0.4 is 21.5 Å². The van der Waals surface area contributed by atoms with Crippen LogP contribution in [0.15, 0.2) is 47.5 Å². The molecule has 0 amide bonds. The Morgan fingerprint density at radius 1 is 1.16 bits per heavy atom. The van der Waals surface area contributed by atoms with E-state index >= 15 is 0 Å². The fourth-order valence-corrected chi connectivity index (χ4v) is 2.82. The summed E-state index contributed by atoms with van der Waals surface area (Å²) in [5, 5.41) is 7.01. The van der Waals surface area contributed by atoms with Crippen LogP contribution in [0, 0.1) is 0 Å². The number of hydrogen-bond acceptors (Lipinski definition) is 7. The summed E-state index contributed by atoms with van der Waals surface area (Å²) < 4.78 is 5.80. The molecule has 0 spiro atoms. The Bertz CT molecular complexity index is 762. The minimum Gasteiger partial charge on any atom is -0.493 e. The molecule has 0 fully saturated rings. The molecular formula is C18H25N5O2. The lowest BCUT2D eigenvalue weighted by atomic mass is 10.1. The minimum atomic E-state index is -0.523. The van der Waals surface area contributed by atoms with Crippen molar-refractivity contribution in [3.8, 4) is 5.75 Å². The van der Waals surface area contributed by atoms with Gasteiger partial charge < -0.3 is 10.5 Å². The lowest BCUT2D eigenvalue weighted by molar-refractivity contribution is -0.177. The van der Waals surface area contributed by atoms with Crippen molar-refractivity contribution in [2.45, 2.75) is 32.2 Å². The Balaban J connectivity index is 1.47. The number of nitrogens with zero attached hydrogens (tertiary/aromatic N) is 2. The van der Waals surface area contributed by atoms with E-state index in [1.807, 2.05) is 38.1 Å². The van der Waals surface area contributed by atoms with Crippen molar-refractivity contribution in [2.75, 3.05) is 13.2 Å². The maximum atomic E-state index is 5.90. The second kappa shape index (κ2) is 7.26. The predicted molar refractivity (Wildman–Crippen MR) is 98.7 cm³/mol. The van der Waals surface area contributed by atoms with Crippen molar-refractivity contribution in [1.29, 1.82) is 0 Å². The zero-order valence-electron chi connectivity index (χ0n) is 14.6. The topological polar surface area (TPSA) is 98.1 Å². The number of fused-ring (bicyclic) bond motifs is 1. The third kappa shape index (κ3) is 4.19. The Morgan fingerprint density at radius 3 is 2.68 bits per heavy atom. The number of hydroxylamine groups is 2. The van der Waals surface area contributed by atoms with Gasteiger partial charge in [-0.3, -0.25) is 15.9 Å². The van der Waals surface area contributed by atoms with E-state index in [4.69, 9.17) is 21.0 Å². The summed E-state index contributed by atoms with van der Waals surface area (Å²) in [6.45, 7) is 4.88. The first-order valence-electron chi connectivity index (χ1n) is 8.37. The molecule has 7 nitrogen and oxygen atoms in total. The molecule has 1 aliphatic heterocycles. The van der Waals surface area contributed by atoms with Crippen molar-refractivity contribution in [2.24, 2.45) is 16.5 Å². The molecule has 2 aromatic rings. The molecule has 0 saturated carbocycles. The van der Waals surface area contributed by atoms with Crippen LogP contribution in [0.5, 0.6) is 5.75 Å². The summed E-state index contributed by atoms with van der Waals surface area (Å²) >= 11 is 0. The van der Waals surface area contributed by atoms with E-state index in [9.17, 15) is 0 Å². The molecule has 0 saturated heterocycles. The second-order valence-electron chi connectivity index (χ2n) is 6.47. The van der Waals surface area contributed by atoms with Gasteiger partial charge in [0.25, 0.3) is 0 Å². The molecule has 1 heterocycles. The van der Waals surface area contributed by atoms with Crippen molar-refractivity contribution in [1.82, 2.24) is 10.4 Å². The van der Waals surface area contributed by atoms with Gasteiger partial charge >= 0.3 is 0 Å². The third-order valence-electron chi connectivity index (χ3n) is 3.99. The Labute approximate surface area is 147 Å². The zero-order chi connectivity index (χ0) is 17.9. The summed E-state index contributed by atoms with van der Waals surface area (Å²) in [5.41, 5.74) is 11.1. The zero-order valence-corrected chi connectivity index (χ0v) is 14.6. The first kappa shape index (κ1) is 17.5. The Kier molecular flexibility index (Phi) is 5.08. The smallest absolute Gasteiger partial charge is 0.220 e. The fraction of sp³-hybridized carbons (Fsp3) is 0.389.